The van der Waals surface area contributed by atoms with Crippen molar-refractivity contribution in [3.8, 4) is 17.2 Å². The van der Waals surface area contributed by atoms with Crippen molar-refractivity contribution in [3.05, 3.63) is 48.3 Å². The highest BCUT2D eigenvalue weighted by molar-refractivity contribution is 5.80. The lowest BCUT2D eigenvalue weighted by atomic mass is 10.1. The molecule has 0 N–H and O–H groups in total. The third-order valence-corrected chi connectivity index (χ3v) is 4.00. The van der Waals surface area contributed by atoms with Crippen LogP contribution in [0.3, 0.4) is 0 Å². The Morgan fingerprint density at radius 2 is 2.05 bits per heavy atom. The van der Waals surface area contributed by atoms with Crippen molar-refractivity contribution < 1.29 is 19.0 Å². The van der Waals surface area contributed by atoms with Gasteiger partial charge in [-0.1, -0.05) is 0 Å². The molecule has 1 aromatic carbocycles. The van der Waals surface area contributed by atoms with Crippen LogP contribution in [0.15, 0.2) is 42.7 Å². The van der Waals surface area contributed by atoms with E-state index in [-0.39, 0.29) is 23.9 Å². The van der Waals surface area contributed by atoms with Crippen molar-refractivity contribution >= 4 is 5.97 Å². The first-order valence-corrected chi connectivity index (χ1v) is 7.33. The van der Waals surface area contributed by atoms with Crippen molar-refractivity contribution in [3.63, 3.8) is 0 Å². The van der Waals surface area contributed by atoms with Crippen LogP contribution in [0.25, 0.3) is 0 Å². The predicted molar refractivity (Wildman–Crippen MR) is 78.0 cm³/mol. The second-order valence-corrected chi connectivity index (χ2v) is 5.37. The summed E-state index contributed by atoms with van der Waals surface area (Å²) in [5.74, 6) is 2.02. The van der Waals surface area contributed by atoms with Crippen LogP contribution < -0.4 is 9.47 Å². The molecule has 1 unspecified atom stereocenters. The molecule has 1 saturated carbocycles. The zero-order chi connectivity index (χ0) is 15.1. The van der Waals surface area contributed by atoms with E-state index in [1.807, 2.05) is 25.1 Å². The molecule has 2 aliphatic rings. The van der Waals surface area contributed by atoms with Crippen LogP contribution in [0.1, 0.15) is 18.4 Å². The van der Waals surface area contributed by atoms with E-state index in [0.29, 0.717) is 6.61 Å². The molecule has 1 fully saturated rings. The summed E-state index contributed by atoms with van der Waals surface area (Å²) >= 11 is 0. The van der Waals surface area contributed by atoms with E-state index < -0.39 is 0 Å². The molecule has 5 heteroatoms. The van der Waals surface area contributed by atoms with E-state index in [2.05, 4.69) is 4.98 Å². The highest BCUT2D eigenvalue weighted by Gasteiger charge is 2.63. The normalized spacial score (nSPS) is 24.0. The molecule has 2 heterocycles. The van der Waals surface area contributed by atoms with Crippen LogP contribution >= 0.6 is 0 Å². The minimum atomic E-state index is -0.177. The SMILES string of the molecule is CCOC(=O)[C@@H]1C2Oc3ccc(Oc4ccncc4)cc3[C@H]21. The molecule has 5 nitrogen and oxygen atoms in total. The number of aromatic nitrogens is 1. The third-order valence-electron chi connectivity index (χ3n) is 4.00. The first-order chi connectivity index (χ1) is 10.8. The maximum absolute atomic E-state index is 11.9. The summed E-state index contributed by atoms with van der Waals surface area (Å²) in [7, 11) is 0. The van der Waals surface area contributed by atoms with Gasteiger partial charge < -0.3 is 14.2 Å². The second kappa shape index (κ2) is 5.02. The van der Waals surface area contributed by atoms with Crippen molar-refractivity contribution in [1.29, 1.82) is 0 Å². The summed E-state index contributed by atoms with van der Waals surface area (Å²) in [6.07, 6.45) is 3.28. The van der Waals surface area contributed by atoms with Crippen LogP contribution in [0.2, 0.25) is 0 Å². The highest BCUT2D eigenvalue weighted by Crippen LogP contribution is 2.59. The third kappa shape index (κ3) is 2.09. The first kappa shape index (κ1) is 13.1. The Labute approximate surface area is 127 Å². The largest absolute Gasteiger partial charge is 0.489 e. The quantitative estimate of drug-likeness (QED) is 0.812. The Morgan fingerprint density at radius 1 is 1.23 bits per heavy atom. The Morgan fingerprint density at radius 3 is 2.82 bits per heavy atom. The number of esters is 1. The van der Waals surface area contributed by atoms with Crippen LogP contribution in [0.5, 0.6) is 17.2 Å². The molecule has 3 atom stereocenters. The minimum absolute atomic E-state index is 0.0785. The topological polar surface area (TPSA) is 57.7 Å². The van der Waals surface area contributed by atoms with Crippen molar-refractivity contribution in [2.75, 3.05) is 6.61 Å². The van der Waals surface area contributed by atoms with E-state index in [1.165, 1.54) is 0 Å². The highest BCUT2D eigenvalue weighted by atomic mass is 16.5. The van der Waals surface area contributed by atoms with Crippen LogP contribution in [0, 0.1) is 5.92 Å². The van der Waals surface area contributed by atoms with Gasteiger partial charge in [-0.15, -0.1) is 0 Å². The first-order valence-electron chi connectivity index (χ1n) is 7.33. The molecule has 1 aromatic heterocycles. The smallest absolute Gasteiger partial charge is 0.313 e. The van der Waals surface area contributed by atoms with E-state index in [9.17, 15) is 4.79 Å². The zero-order valence-corrected chi connectivity index (χ0v) is 12.1. The second-order valence-electron chi connectivity index (χ2n) is 5.37. The number of benzene rings is 1. The fourth-order valence-corrected chi connectivity index (χ4v) is 2.97. The lowest BCUT2D eigenvalue weighted by Gasteiger charge is -2.10. The van der Waals surface area contributed by atoms with Gasteiger partial charge in [-0.05, 0) is 37.3 Å². The molecule has 0 bridgehead atoms. The molecule has 1 aliphatic carbocycles. The molecule has 4 rings (SSSR count). The van der Waals surface area contributed by atoms with Crippen LogP contribution in [-0.2, 0) is 9.53 Å². The van der Waals surface area contributed by atoms with Crippen molar-refractivity contribution in [2.24, 2.45) is 5.92 Å². The number of carbonyl (C=O) groups is 1. The van der Waals surface area contributed by atoms with Crippen molar-refractivity contribution in [1.82, 2.24) is 4.98 Å². The fourth-order valence-electron chi connectivity index (χ4n) is 2.97. The Bertz CT molecular complexity index is 716. The summed E-state index contributed by atoms with van der Waals surface area (Å²) in [5.41, 5.74) is 1.02. The molecule has 1 aliphatic heterocycles. The Hall–Kier alpha value is -2.56. The average Bonchev–Trinajstić information content (AvgIpc) is 3.13. The van der Waals surface area contributed by atoms with Gasteiger partial charge in [-0.2, -0.15) is 0 Å². The molecule has 0 spiro atoms. The molecule has 22 heavy (non-hydrogen) atoms. The van der Waals surface area contributed by atoms with E-state index >= 15 is 0 Å². The molecule has 112 valence electrons. The average molecular weight is 297 g/mol. The van der Waals surface area contributed by atoms with Gasteiger partial charge in [0, 0.05) is 23.9 Å². The van der Waals surface area contributed by atoms with Crippen LogP contribution in [-0.4, -0.2) is 23.7 Å². The molecular weight excluding hydrogens is 282 g/mol. The molecule has 0 radical (unpaired) electrons. The van der Waals surface area contributed by atoms with E-state index in [4.69, 9.17) is 14.2 Å². The molecule has 2 aromatic rings. The lowest BCUT2D eigenvalue weighted by molar-refractivity contribution is -0.145. The summed E-state index contributed by atoms with van der Waals surface area (Å²) in [6.45, 7) is 2.21. The van der Waals surface area contributed by atoms with Gasteiger partial charge in [0.25, 0.3) is 0 Å². The number of ether oxygens (including phenoxy) is 3. The maximum Gasteiger partial charge on any atom is 0.313 e. The zero-order valence-electron chi connectivity index (χ0n) is 12.1. The van der Waals surface area contributed by atoms with Gasteiger partial charge in [0.15, 0.2) is 0 Å². The van der Waals surface area contributed by atoms with Gasteiger partial charge >= 0.3 is 5.97 Å². The molecule has 0 saturated heterocycles. The maximum atomic E-state index is 11.9. The van der Waals surface area contributed by atoms with Gasteiger partial charge in [0.05, 0.1) is 6.61 Å². The lowest BCUT2D eigenvalue weighted by Crippen LogP contribution is -2.13. The summed E-state index contributed by atoms with van der Waals surface area (Å²) in [5, 5.41) is 0. The Balaban J connectivity index is 1.54. The number of fused-ring (bicyclic) bond motifs is 3. The monoisotopic (exact) mass is 297 g/mol. The standard InChI is InChI=1S/C17H15NO4/c1-2-20-17(19)15-14-12-9-11(3-4-13(12)22-16(14)15)21-10-5-7-18-8-6-10/h3-9,14-16H,2H2,1H3/t14-,15-,16?/m0/s1. The molecule has 0 amide bonds. The number of carbonyl (C=O) groups excluding carboxylic acids is 1. The van der Waals surface area contributed by atoms with Gasteiger partial charge in [0.2, 0.25) is 0 Å². The predicted octanol–water partition coefficient (Wildman–Crippen LogP) is 2.91. The van der Waals surface area contributed by atoms with Crippen LogP contribution in [0.4, 0.5) is 0 Å². The fraction of sp³-hybridized carbons (Fsp3) is 0.294. The summed E-state index contributed by atoms with van der Waals surface area (Å²) in [6, 6.07) is 9.29. The van der Waals surface area contributed by atoms with E-state index in [0.717, 1.165) is 22.8 Å². The van der Waals surface area contributed by atoms with E-state index in [1.54, 1.807) is 24.5 Å². The van der Waals surface area contributed by atoms with Gasteiger partial charge in [0.1, 0.15) is 29.3 Å². The summed E-state index contributed by atoms with van der Waals surface area (Å²) < 4.78 is 16.7. The number of hydrogen-bond donors (Lipinski definition) is 0. The Kier molecular flexibility index (Phi) is 2.99. The number of nitrogens with zero attached hydrogens (tertiary/aromatic N) is 1. The number of hydrogen-bond acceptors (Lipinski definition) is 5. The van der Waals surface area contributed by atoms with Gasteiger partial charge in [-0.3, -0.25) is 9.78 Å². The molecular formula is C17H15NO4. The van der Waals surface area contributed by atoms with Gasteiger partial charge in [-0.25, -0.2) is 0 Å². The summed E-state index contributed by atoms with van der Waals surface area (Å²) in [4.78, 5) is 15.8. The van der Waals surface area contributed by atoms with Crippen molar-refractivity contribution in [2.45, 2.75) is 18.9 Å². The number of rotatable bonds is 4. The minimum Gasteiger partial charge on any atom is -0.489 e. The number of pyridine rings is 1.